The van der Waals surface area contributed by atoms with Crippen molar-refractivity contribution in [2.75, 3.05) is 6.16 Å². The average molecular weight is 150 g/mol. The lowest BCUT2D eigenvalue weighted by Crippen LogP contribution is -1.81. The summed E-state index contributed by atoms with van der Waals surface area (Å²) >= 11 is 0. The smallest absolute Gasteiger partial charge is 0.324 e. The third kappa shape index (κ3) is 7.56. The minimum absolute atomic E-state index is 0.369. The summed E-state index contributed by atoms with van der Waals surface area (Å²) in [5, 5.41) is 0. The Hall–Kier alpha value is -0.440. The zero-order valence-corrected chi connectivity index (χ0v) is 5.49. The molecule has 52 valence electrons. The van der Waals surface area contributed by atoms with Crippen LogP contribution in [-0.4, -0.2) is 22.2 Å². The van der Waals surface area contributed by atoms with Gasteiger partial charge in [-0.05, 0) is 6.08 Å². The lowest BCUT2D eigenvalue weighted by atomic mass is 10.6. The van der Waals surface area contributed by atoms with Gasteiger partial charge in [0, 0.05) is 0 Å². The lowest BCUT2D eigenvalue weighted by Gasteiger charge is -1.94. The van der Waals surface area contributed by atoms with Crippen LogP contribution in [0, 0.1) is 0 Å². The van der Waals surface area contributed by atoms with E-state index >= 15 is 0 Å². The fourth-order valence-electron chi connectivity index (χ4n) is 0.254. The van der Waals surface area contributed by atoms with Crippen LogP contribution in [0.1, 0.15) is 0 Å². The maximum Gasteiger partial charge on any atom is 0.329 e. The molecule has 0 aromatic rings. The Morgan fingerprint density at radius 2 is 2.00 bits per heavy atom. The van der Waals surface area contributed by atoms with Crippen molar-refractivity contribution < 1.29 is 19.1 Å². The Morgan fingerprint density at radius 3 is 2.33 bits per heavy atom. The Balaban J connectivity index is 3.63. The van der Waals surface area contributed by atoms with Gasteiger partial charge in [0.25, 0.3) is 0 Å². The minimum Gasteiger partial charge on any atom is -0.324 e. The first-order valence-electron chi connectivity index (χ1n) is 2.21. The van der Waals surface area contributed by atoms with Crippen LogP contribution in [0.25, 0.3) is 0 Å². The van der Waals surface area contributed by atoms with E-state index < -0.39 is 7.60 Å². The van der Waals surface area contributed by atoms with Crippen molar-refractivity contribution >= 4 is 13.9 Å². The molecule has 0 bridgehead atoms. The number of carbonyl (C=O) groups excluding carboxylic acids is 1. The molecule has 0 unspecified atom stereocenters. The van der Waals surface area contributed by atoms with Crippen LogP contribution in [0.15, 0.2) is 12.2 Å². The summed E-state index contributed by atoms with van der Waals surface area (Å²) in [5.41, 5.74) is 0. The van der Waals surface area contributed by atoms with Gasteiger partial charge in [0.15, 0.2) is 0 Å². The highest BCUT2D eigenvalue weighted by Crippen LogP contribution is 2.33. The molecule has 0 rings (SSSR count). The minimum atomic E-state index is -3.94. The number of allylic oxidation sites excluding steroid dienone is 2. The summed E-state index contributed by atoms with van der Waals surface area (Å²) < 4.78 is 10.0. The molecular formula is C4H7O4P. The van der Waals surface area contributed by atoms with Crippen molar-refractivity contribution in [1.29, 1.82) is 0 Å². The predicted octanol–water partition coefficient (Wildman–Crippen LogP) is -0.0808. The van der Waals surface area contributed by atoms with Gasteiger partial charge in [0.1, 0.15) is 6.29 Å². The second kappa shape index (κ2) is 3.56. The van der Waals surface area contributed by atoms with E-state index in [1.54, 1.807) is 0 Å². The van der Waals surface area contributed by atoms with Crippen molar-refractivity contribution in [3.63, 3.8) is 0 Å². The molecule has 0 saturated heterocycles. The monoisotopic (exact) mass is 150 g/mol. The fraction of sp³-hybridized carbons (Fsp3) is 0.250. The zero-order chi connectivity index (χ0) is 7.33. The molecule has 0 radical (unpaired) electrons. The number of aldehydes is 1. The topological polar surface area (TPSA) is 74.6 Å². The van der Waals surface area contributed by atoms with Crippen molar-refractivity contribution in [2.45, 2.75) is 0 Å². The van der Waals surface area contributed by atoms with E-state index in [4.69, 9.17) is 9.79 Å². The van der Waals surface area contributed by atoms with Crippen LogP contribution in [0.5, 0.6) is 0 Å². The molecule has 0 heterocycles. The largest absolute Gasteiger partial charge is 0.329 e. The number of carbonyl (C=O) groups is 1. The maximum absolute atomic E-state index is 10.0. The summed E-state index contributed by atoms with van der Waals surface area (Å²) in [6.45, 7) is 0. The molecule has 2 N–H and O–H groups in total. The van der Waals surface area contributed by atoms with E-state index in [-0.39, 0.29) is 6.16 Å². The molecule has 0 aromatic heterocycles. The molecule has 0 aromatic carbocycles. The molecule has 0 saturated carbocycles. The molecule has 0 spiro atoms. The first kappa shape index (κ1) is 8.56. The third-order valence-electron chi connectivity index (χ3n) is 0.558. The van der Waals surface area contributed by atoms with E-state index in [1.807, 2.05) is 0 Å². The van der Waals surface area contributed by atoms with Gasteiger partial charge in [-0.25, -0.2) is 0 Å². The Labute approximate surface area is 52.4 Å². The first-order chi connectivity index (χ1) is 4.06. The molecular weight excluding hydrogens is 143 g/mol. The van der Waals surface area contributed by atoms with Crippen molar-refractivity contribution in [3.05, 3.63) is 12.2 Å². The molecule has 9 heavy (non-hydrogen) atoms. The van der Waals surface area contributed by atoms with E-state index in [1.165, 1.54) is 0 Å². The standard InChI is InChI=1S/C4H7O4P/c5-3-1-2-4-9(6,7)8/h1-3H,4H2,(H2,6,7,8)/b2-1+. The molecule has 0 aliphatic carbocycles. The summed E-state index contributed by atoms with van der Waals surface area (Å²) in [6.07, 6.45) is 2.29. The molecule has 4 nitrogen and oxygen atoms in total. The highest BCUT2D eigenvalue weighted by Gasteiger charge is 2.07. The van der Waals surface area contributed by atoms with Crippen LogP contribution in [0.2, 0.25) is 0 Å². The van der Waals surface area contributed by atoms with Crippen molar-refractivity contribution in [2.24, 2.45) is 0 Å². The normalized spacial score (nSPS) is 12.2. The summed E-state index contributed by atoms with van der Waals surface area (Å²) in [6, 6.07) is 0. The average Bonchev–Trinajstić information content (AvgIpc) is 1.63. The molecule has 5 heteroatoms. The summed E-state index contributed by atoms with van der Waals surface area (Å²) in [4.78, 5) is 25.9. The van der Waals surface area contributed by atoms with Gasteiger partial charge in [0.2, 0.25) is 0 Å². The molecule has 0 atom stereocenters. The quantitative estimate of drug-likeness (QED) is 0.335. The van der Waals surface area contributed by atoms with Gasteiger partial charge in [-0.2, -0.15) is 0 Å². The van der Waals surface area contributed by atoms with Gasteiger partial charge in [-0.1, -0.05) is 6.08 Å². The predicted molar refractivity (Wildman–Crippen MR) is 32.1 cm³/mol. The first-order valence-corrected chi connectivity index (χ1v) is 4.01. The Morgan fingerprint density at radius 1 is 1.44 bits per heavy atom. The van der Waals surface area contributed by atoms with Gasteiger partial charge >= 0.3 is 7.60 Å². The molecule has 0 fully saturated rings. The highest BCUT2D eigenvalue weighted by molar-refractivity contribution is 7.51. The zero-order valence-electron chi connectivity index (χ0n) is 4.60. The fourth-order valence-corrected chi connectivity index (χ4v) is 0.650. The molecule has 0 aliphatic heterocycles. The number of hydrogen-bond donors (Lipinski definition) is 2. The van der Waals surface area contributed by atoms with Crippen molar-refractivity contribution in [1.82, 2.24) is 0 Å². The molecule has 0 amide bonds. The van der Waals surface area contributed by atoms with Crippen LogP contribution < -0.4 is 0 Å². The van der Waals surface area contributed by atoms with Gasteiger partial charge in [0.05, 0.1) is 6.16 Å². The van der Waals surface area contributed by atoms with Crippen LogP contribution in [0.4, 0.5) is 0 Å². The van der Waals surface area contributed by atoms with Crippen molar-refractivity contribution in [3.8, 4) is 0 Å². The van der Waals surface area contributed by atoms with E-state index in [9.17, 15) is 9.36 Å². The van der Waals surface area contributed by atoms with E-state index in [0.717, 1.165) is 12.2 Å². The van der Waals surface area contributed by atoms with Gasteiger partial charge in [-0.3, -0.25) is 9.36 Å². The van der Waals surface area contributed by atoms with Crippen LogP contribution >= 0.6 is 7.60 Å². The highest BCUT2D eigenvalue weighted by atomic mass is 31.2. The second-order valence-corrected chi connectivity index (χ2v) is 3.11. The Kier molecular flexibility index (Phi) is 3.39. The lowest BCUT2D eigenvalue weighted by molar-refractivity contribution is -0.104. The maximum atomic E-state index is 10.0. The van der Waals surface area contributed by atoms with E-state index in [2.05, 4.69) is 0 Å². The van der Waals surface area contributed by atoms with E-state index in [0.29, 0.717) is 6.29 Å². The van der Waals surface area contributed by atoms with Crippen LogP contribution in [0.3, 0.4) is 0 Å². The van der Waals surface area contributed by atoms with Gasteiger partial charge < -0.3 is 9.79 Å². The SMILES string of the molecule is O=C/C=C/CP(=O)(O)O. The summed E-state index contributed by atoms with van der Waals surface area (Å²) in [5.74, 6) is 0. The second-order valence-electron chi connectivity index (χ2n) is 1.41. The third-order valence-corrected chi connectivity index (χ3v) is 1.24. The number of hydrogen-bond acceptors (Lipinski definition) is 2. The summed E-state index contributed by atoms with van der Waals surface area (Å²) in [7, 11) is -3.94. The van der Waals surface area contributed by atoms with Crippen LogP contribution in [-0.2, 0) is 9.36 Å². The Bertz CT molecular complexity index is 156. The molecule has 0 aliphatic rings. The van der Waals surface area contributed by atoms with Gasteiger partial charge in [-0.15, -0.1) is 0 Å². The number of rotatable bonds is 3.